The number of aldehydes is 1. The lowest BCUT2D eigenvalue weighted by Gasteiger charge is -2.11. The molecule has 0 saturated heterocycles. The number of anilines is 1. The summed E-state index contributed by atoms with van der Waals surface area (Å²) in [6.07, 6.45) is 0.671. The monoisotopic (exact) mass is 380 g/mol. The summed E-state index contributed by atoms with van der Waals surface area (Å²) in [6, 6.07) is 14.8. The third kappa shape index (κ3) is 3.90. The van der Waals surface area contributed by atoms with Crippen molar-refractivity contribution in [2.24, 2.45) is 0 Å². The number of nitro groups is 1. The van der Waals surface area contributed by atoms with E-state index in [4.69, 9.17) is 9.47 Å². The number of benzene rings is 3. The lowest BCUT2D eigenvalue weighted by atomic mass is 10.0. The second-order valence-corrected chi connectivity index (χ2v) is 5.79. The second-order valence-electron chi connectivity index (χ2n) is 5.79. The minimum absolute atomic E-state index is 0.0218. The molecule has 8 nitrogen and oxygen atoms in total. The van der Waals surface area contributed by atoms with Gasteiger partial charge in [0.15, 0.2) is 12.9 Å². The highest BCUT2D eigenvalue weighted by Gasteiger charge is 2.18. The molecule has 0 unspecified atom stereocenters. The lowest BCUT2D eigenvalue weighted by Crippen LogP contribution is -2.21. The molecule has 0 spiro atoms. The van der Waals surface area contributed by atoms with E-state index in [9.17, 15) is 19.7 Å². The number of hydrogen-bond acceptors (Lipinski definition) is 6. The van der Waals surface area contributed by atoms with Crippen molar-refractivity contribution in [3.8, 4) is 11.5 Å². The molecule has 28 heavy (non-hydrogen) atoms. The fraction of sp³-hybridized carbons (Fsp3) is 0.100. The topological polar surface area (TPSA) is 108 Å². The van der Waals surface area contributed by atoms with Gasteiger partial charge in [-0.3, -0.25) is 19.7 Å². The van der Waals surface area contributed by atoms with Crippen molar-refractivity contribution in [2.45, 2.75) is 0 Å². The molecule has 0 aliphatic carbocycles. The first-order chi connectivity index (χ1) is 13.5. The Labute approximate surface area is 159 Å². The van der Waals surface area contributed by atoms with Gasteiger partial charge >= 0.3 is 0 Å². The summed E-state index contributed by atoms with van der Waals surface area (Å²) in [4.78, 5) is 34.3. The number of carbonyl (C=O) groups is 2. The molecule has 1 amide bonds. The number of fused-ring (bicyclic) bond motifs is 1. The van der Waals surface area contributed by atoms with E-state index < -0.39 is 17.4 Å². The van der Waals surface area contributed by atoms with E-state index in [1.807, 2.05) is 12.1 Å². The molecule has 0 aliphatic heterocycles. The molecule has 0 radical (unpaired) electrons. The third-order valence-corrected chi connectivity index (χ3v) is 4.08. The van der Waals surface area contributed by atoms with Gasteiger partial charge in [0, 0.05) is 0 Å². The molecule has 0 aromatic heterocycles. The van der Waals surface area contributed by atoms with Crippen LogP contribution in [0.3, 0.4) is 0 Å². The molecule has 0 heterocycles. The molecule has 0 fully saturated rings. The maximum Gasteiger partial charge on any atom is 0.296 e. The zero-order chi connectivity index (χ0) is 20.1. The average molecular weight is 380 g/mol. The van der Waals surface area contributed by atoms with E-state index in [0.717, 1.165) is 5.39 Å². The molecule has 8 heteroatoms. The van der Waals surface area contributed by atoms with Crippen LogP contribution in [0.5, 0.6) is 11.5 Å². The summed E-state index contributed by atoms with van der Waals surface area (Å²) in [6.45, 7) is -0.414. The van der Waals surface area contributed by atoms with Gasteiger partial charge in [0.2, 0.25) is 0 Å². The van der Waals surface area contributed by atoms with Gasteiger partial charge in [0.25, 0.3) is 11.6 Å². The number of nitro benzene ring substituents is 1. The number of nitrogens with zero attached hydrogens (tertiary/aromatic N) is 1. The Bertz CT molecular complexity index is 1060. The lowest BCUT2D eigenvalue weighted by molar-refractivity contribution is -0.384. The summed E-state index contributed by atoms with van der Waals surface area (Å²) < 4.78 is 10.4. The molecule has 0 atom stereocenters. The van der Waals surface area contributed by atoms with E-state index in [1.165, 1.54) is 25.3 Å². The Hall–Kier alpha value is -3.94. The molecule has 0 bridgehead atoms. The third-order valence-electron chi connectivity index (χ3n) is 4.08. The zero-order valence-corrected chi connectivity index (χ0v) is 14.9. The van der Waals surface area contributed by atoms with E-state index in [1.54, 1.807) is 24.3 Å². The first kappa shape index (κ1) is 18.8. The zero-order valence-electron chi connectivity index (χ0n) is 14.9. The standard InChI is InChI=1S/C20H16N2O6/c1-27-14-7-8-17(18(10-14)22(25)26)21-20(24)12-28-19-9-6-13-4-2-3-5-15(13)16(19)11-23/h2-11H,12H2,1H3,(H,21,24). The number of nitrogens with one attached hydrogen (secondary N) is 1. The van der Waals surface area contributed by atoms with Crippen LogP contribution >= 0.6 is 0 Å². The maximum absolute atomic E-state index is 12.2. The second kappa shape index (κ2) is 8.17. The highest BCUT2D eigenvalue weighted by Crippen LogP contribution is 2.29. The van der Waals surface area contributed by atoms with E-state index in [0.29, 0.717) is 23.0 Å². The Morgan fingerprint density at radius 3 is 2.68 bits per heavy atom. The van der Waals surface area contributed by atoms with Gasteiger partial charge in [-0.15, -0.1) is 0 Å². The summed E-state index contributed by atoms with van der Waals surface area (Å²) >= 11 is 0. The Morgan fingerprint density at radius 1 is 1.18 bits per heavy atom. The van der Waals surface area contributed by atoms with Crippen LogP contribution in [-0.4, -0.2) is 30.8 Å². The number of carbonyl (C=O) groups excluding carboxylic acids is 2. The Kier molecular flexibility index (Phi) is 5.50. The molecular weight excluding hydrogens is 364 g/mol. The van der Waals surface area contributed by atoms with Crippen LogP contribution in [0.15, 0.2) is 54.6 Å². The molecule has 142 valence electrons. The minimum Gasteiger partial charge on any atom is -0.496 e. The van der Waals surface area contributed by atoms with Crippen molar-refractivity contribution >= 4 is 34.3 Å². The van der Waals surface area contributed by atoms with Crippen molar-refractivity contribution in [1.29, 1.82) is 0 Å². The van der Waals surface area contributed by atoms with E-state index in [-0.39, 0.29) is 17.1 Å². The van der Waals surface area contributed by atoms with Gasteiger partial charge in [-0.05, 0) is 29.0 Å². The molecule has 0 aliphatic rings. The fourth-order valence-corrected chi connectivity index (χ4v) is 2.75. The average Bonchev–Trinajstić information content (AvgIpc) is 2.71. The number of ether oxygens (including phenoxy) is 2. The first-order valence-corrected chi connectivity index (χ1v) is 8.25. The van der Waals surface area contributed by atoms with Crippen LogP contribution in [0.2, 0.25) is 0 Å². The first-order valence-electron chi connectivity index (χ1n) is 8.25. The summed E-state index contributed by atoms with van der Waals surface area (Å²) in [5.74, 6) is -0.0425. The van der Waals surface area contributed by atoms with Crippen LogP contribution in [0, 0.1) is 10.1 Å². The van der Waals surface area contributed by atoms with Crippen molar-refractivity contribution in [3.63, 3.8) is 0 Å². The summed E-state index contributed by atoms with van der Waals surface area (Å²) in [7, 11) is 1.39. The van der Waals surface area contributed by atoms with Crippen LogP contribution in [0.25, 0.3) is 10.8 Å². The van der Waals surface area contributed by atoms with Gasteiger partial charge in [0.05, 0.1) is 23.7 Å². The van der Waals surface area contributed by atoms with Gasteiger partial charge in [-0.1, -0.05) is 30.3 Å². The van der Waals surface area contributed by atoms with Crippen molar-refractivity contribution < 1.29 is 24.0 Å². The Morgan fingerprint density at radius 2 is 1.96 bits per heavy atom. The number of amides is 1. The molecule has 3 aromatic rings. The van der Waals surface area contributed by atoms with E-state index in [2.05, 4.69) is 5.32 Å². The summed E-state index contributed by atoms with van der Waals surface area (Å²) in [5.41, 5.74) is 0.0573. The predicted molar refractivity (Wildman–Crippen MR) is 103 cm³/mol. The maximum atomic E-state index is 12.2. The highest BCUT2D eigenvalue weighted by atomic mass is 16.6. The largest absolute Gasteiger partial charge is 0.496 e. The van der Waals surface area contributed by atoms with Crippen molar-refractivity contribution in [1.82, 2.24) is 0 Å². The van der Waals surface area contributed by atoms with Gasteiger partial charge < -0.3 is 14.8 Å². The minimum atomic E-state index is -0.618. The SMILES string of the molecule is COc1ccc(NC(=O)COc2ccc3ccccc3c2C=O)c([N+](=O)[O-])c1. The van der Waals surface area contributed by atoms with Crippen LogP contribution in [0.4, 0.5) is 11.4 Å². The van der Waals surface area contributed by atoms with Crippen LogP contribution in [0.1, 0.15) is 10.4 Å². The fourth-order valence-electron chi connectivity index (χ4n) is 2.75. The van der Waals surface area contributed by atoms with Gasteiger partial charge in [-0.2, -0.15) is 0 Å². The van der Waals surface area contributed by atoms with Crippen molar-refractivity contribution in [3.05, 3.63) is 70.3 Å². The van der Waals surface area contributed by atoms with Gasteiger partial charge in [-0.25, -0.2) is 0 Å². The normalized spacial score (nSPS) is 10.3. The highest BCUT2D eigenvalue weighted by molar-refractivity contribution is 6.01. The van der Waals surface area contributed by atoms with E-state index >= 15 is 0 Å². The molecule has 0 saturated carbocycles. The molecule has 3 rings (SSSR count). The van der Waals surface area contributed by atoms with Crippen molar-refractivity contribution in [2.75, 3.05) is 19.0 Å². The molecule has 1 N–H and O–H groups in total. The quantitative estimate of drug-likeness (QED) is 0.381. The Balaban J connectivity index is 1.76. The molecular formula is C20H16N2O6. The van der Waals surface area contributed by atoms with Gasteiger partial charge in [0.1, 0.15) is 17.2 Å². The number of methoxy groups -OCH3 is 1. The summed E-state index contributed by atoms with van der Waals surface area (Å²) in [5, 5.41) is 15.2. The molecule has 3 aromatic carbocycles. The number of rotatable bonds is 7. The van der Waals surface area contributed by atoms with Crippen LogP contribution in [-0.2, 0) is 4.79 Å². The number of hydrogen-bond donors (Lipinski definition) is 1. The predicted octanol–water partition coefficient (Wildman–Crippen LogP) is 3.59. The van der Waals surface area contributed by atoms with Crippen LogP contribution < -0.4 is 14.8 Å². The smallest absolute Gasteiger partial charge is 0.296 e.